The lowest BCUT2D eigenvalue weighted by molar-refractivity contribution is 0.0526. The van der Waals surface area contributed by atoms with Crippen LogP contribution >= 0.6 is 23.5 Å². The van der Waals surface area contributed by atoms with Crippen LogP contribution in [-0.4, -0.2) is 31.7 Å². The van der Waals surface area contributed by atoms with Crippen molar-refractivity contribution in [3.63, 3.8) is 0 Å². The highest BCUT2D eigenvalue weighted by atomic mass is 32.2. The average molecular weight is 417 g/mol. The predicted molar refractivity (Wildman–Crippen MR) is 114 cm³/mol. The molecule has 6 heteroatoms. The van der Waals surface area contributed by atoms with E-state index < -0.39 is 11.8 Å². The average Bonchev–Trinajstić information content (AvgIpc) is 2.72. The molecule has 3 rings (SSSR count). The molecule has 0 atom stereocenters. The Hall–Kier alpha value is -2.10. The van der Waals surface area contributed by atoms with Crippen LogP contribution in [0.4, 0.5) is 4.39 Å². The molecule has 0 saturated carbocycles. The van der Waals surface area contributed by atoms with Crippen molar-refractivity contribution in [1.29, 1.82) is 0 Å². The Morgan fingerprint density at radius 3 is 2.68 bits per heavy atom. The maximum atomic E-state index is 14.3. The number of hydrogen-bond acceptors (Lipinski definition) is 5. The van der Waals surface area contributed by atoms with Crippen molar-refractivity contribution in [1.82, 2.24) is 0 Å². The van der Waals surface area contributed by atoms with Gasteiger partial charge in [0.1, 0.15) is 11.6 Å². The fraction of sp³-hybridized carbons (Fsp3) is 0.318. The van der Waals surface area contributed by atoms with Gasteiger partial charge < -0.3 is 9.47 Å². The maximum absolute atomic E-state index is 14.3. The zero-order valence-corrected chi connectivity index (χ0v) is 17.6. The molecule has 1 aliphatic heterocycles. The minimum Gasteiger partial charge on any atom is -0.493 e. The highest BCUT2D eigenvalue weighted by Gasteiger charge is 2.36. The minimum absolute atomic E-state index is 0.0577. The van der Waals surface area contributed by atoms with Gasteiger partial charge in [0.25, 0.3) is 0 Å². The molecule has 0 aromatic heterocycles. The zero-order chi connectivity index (χ0) is 20.1. The summed E-state index contributed by atoms with van der Waals surface area (Å²) in [6.07, 6.45) is 5.12. The number of carbonyl (C=O) groups excluding carboxylic acids is 1. The van der Waals surface area contributed by atoms with Crippen molar-refractivity contribution in [2.75, 3.05) is 25.7 Å². The number of esters is 1. The Morgan fingerprint density at radius 1 is 1.21 bits per heavy atom. The standard InChI is InChI=1S/C22H21FO3S2/c1-4-25-21(24)17-9-8-16(19(23)14-17)7-5-15-6-10-20-18(13-15)22(27-2,28-3)11-12-26-20/h6,8-10,13-14H,4,11-12H2,1-3H3. The smallest absolute Gasteiger partial charge is 0.338 e. The fourth-order valence-electron chi connectivity index (χ4n) is 3.07. The third-order valence-corrected chi connectivity index (χ3v) is 7.73. The minimum atomic E-state index is -0.541. The normalized spacial score (nSPS) is 14.3. The molecule has 1 heterocycles. The summed E-state index contributed by atoms with van der Waals surface area (Å²) in [5.41, 5.74) is 2.33. The van der Waals surface area contributed by atoms with E-state index in [9.17, 15) is 9.18 Å². The third-order valence-electron chi connectivity index (χ3n) is 4.56. The molecule has 0 N–H and O–H groups in total. The molecule has 0 bridgehead atoms. The summed E-state index contributed by atoms with van der Waals surface area (Å²) < 4.78 is 24.9. The second-order valence-electron chi connectivity index (χ2n) is 6.14. The number of halogens is 1. The Morgan fingerprint density at radius 2 is 2.00 bits per heavy atom. The van der Waals surface area contributed by atoms with Gasteiger partial charge in [0, 0.05) is 17.5 Å². The van der Waals surface area contributed by atoms with Gasteiger partial charge in [-0.05, 0) is 55.8 Å². The Labute approximate surface area is 173 Å². The van der Waals surface area contributed by atoms with E-state index in [-0.39, 0.29) is 21.8 Å². The SMILES string of the molecule is CCOC(=O)c1ccc(C#Cc2ccc3c(c2)C(SC)(SC)CCO3)c(F)c1. The van der Waals surface area contributed by atoms with Gasteiger partial charge in [0.05, 0.1) is 28.4 Å². The van der Waals surface area contributed by atoms with Crippen LogP contribution in [0.25, 0.3) is 0 Å². The number of benzene rings is 2. The molecular weight excluding hydrogens is 395 g/mol. The van der Waals surface area contributed by atoms with Gasteiger partial charge in [-0.1, -0.05) is 11.8 Å². The highest BCUT2D eigenvalue weighted by molar-refractivity contribution is 8.16. The number of carbonyl (C=O) groups is 1. The molecule has 0 saturated heterocycles. The highest BCUT2D eigenvalue weighted by Crippen LogP contribution is 2.52. The van der Waals surface area contributed by atoms with Crippen LogP contribution < -0.4 is 4.74 Å². The Balaban J connectivity index is 1.90. The van der Waals surface area contributed by atoms with Crippen molar-refractivity contribution < 1.29 is 18.7 Å². The first-order chi connectivity index (χ1) is 13.5. The zero-order valence-electron chi connectivity index (χ0n) is 16.0. The molecule has 0 amide bonds. The Bertz CT molecular complexity index is 943. The topological polar surface area (TPSA) is 35.5 Å². The van der Waals surface area contributed by atoms with Gasteiger partial charge in [-0.25, -0.2) is 9.18 Å². The van der Waals surface area contributed by atoms with Crippen molar-refractivity contribution in [2.45, 2.75) is 17.4 Å². The first kappa shape index (κ1) is 20.6. The lowest BCUT2D eigenvalue weighted by atomic mass is 10.0. The summed E-state index contributed by atoms with van der Waals surface area (Å²) in [7, 11) is 0. The molecule has 0 unspecified atom stereocenters. The van der Waals surface area contributed by atoms with Crippen LogP contribution in [0.15, 0.2) is 36.4 Å². The van der Waals surface area contributed by atoms with E-state index in [0.29, 0.717) is 6.61 Å². The number of ether oxygens (including phenoxy) is 2. The van der Waals surface area contributed by atoms with Crippen molar-refractivity contribution in [2.24, 2.45) is 0 Å². The van der Waals surface area contributed by atoms with Crippen LogP contribution in [-0.2, 0) is 8.82 Å². The van der Waals surface area contributed by atoms with Crippen LogP contribution in [0.3, 0.4) is 0 Å². The molecule has 3 nitrogen and oxygen atoms in total. The molecule has 0 radical (unpaired) electrons. The molecule has 1 aliphatic rings. The van der Waals surface area contributed by atoms with E-state index in [2.05, 4.69) is 24.4 Å². The van der Waals surface area contributed by atoms with E-state index in [0.717, 1.165) is 29.4 Å². The van der Waals surface area contributed by atoms with E-state index in [1.165, 1.54) is 12.1 Å². The second-order valence-corrected chi connectivity index (χ2v) is 8.60. The Kier molecular flexibility index (Phi) is 6.58. The largest absolute Gasteiger partial charge is 0.493 e. The first-order valence-electron chi connectivity index (χ1n) is 8.89. The lowest BCUT2D eigenvalue weighted by Gasteiger charge is -2.36. The second kappa shape index (κ2) is 8.93. The van der Waals surface area contributed by atoms with Gasteiger partial charge in [0.2, 0.25) is 0 Å². The van der Waals surface area contributed by atoms with Gasteiger partial charge in [-0.2, -0.15) is 0 Å². The number of hydrogen-bond donors (Lipinski definition) is 0. The summed E-state index contributed by atoms with van der Waals surface area (Å²) >= 11 is 3.60. The van der Waals surface area contributed by atoms with Gasteiger partial charge in [-0.3, -0.25) is 0 Å². The lowest BCUT2D eigenvalue weighted by Crippen LogP contribution is -2.26. The van der Waals surface area contributed by atoms with E-state index in [4.69, 9.17) is 9.47 Å². The number of rotatable bonds is 4. The van der Waals surface area contributed by atoms with Crippen molar-refractivity contribution in [3.05, 3.63) is 64.5 Å². The first-order valence-corrected chi connectivity index (χ1v) is 11.3. The fourth-order valence-corrected chi connectivity index (χ4v) is 5.07. The molecular formula is C22H21FO3S2. The quantitative estimate of drug-likeness (QED) is 0.395. The summed E-state index contributed by atoms with van der Waals surface area (Å²) in [6.45, 7) is 2.65. The van der Waals surface area contributed by atoms with Gasteiger partial charge in [-0.15, -0.1) is 23.5 Å². The van der Waals surface area contributed by atoms with Crippen molar-refractivity contribution in [3.8, 4) is 17.6 Å². The van der Waals surface area contributed by atoms with Crippen LogP contribution in [0.1, 0.15) is 40.4 Å². The van der Waals surface area contributed by atoms with Gasteiger partial charge in [0.15, 0.2) is 0 Å². The molecule has 0 spiro atoms. The summed E-state index contributed by atoms with van der Waals surface area (Å²) in [6, 6.07) is 10.0. The molecule has 146 valence electrons. The third kappa shape index (κ3) is 4.16. The molecule has 0 fully saturated rings. The summed E-state index contributed by atoms with van der Waals surface area (Å²) in [4.78, 5) is 11.7. The molecule has 28 heavy (non-hydrogen) atoms. The molecule has 2 aromatic rings. The van der Waals surface area contributed by atoms with Gasteiger partial charge >= 0.3 is 5.97 Å². The van der Waals surface area contributed by atoms with E-state index in [1.807, 2.05) is 18.2 Å². The summed E-state index contributed by atoms with van der Waals surface area (Å²) in [5, 5.41) is 0. The van der Waals surface area contributed by atoms with E-state index >= 15 is 0 Å². The molecule has 2 aromatic carbocycles. The molecule has 0 aliphatic carbocycles. The van der Waals surface area contributed by atoms with Crippen LogP contribution in [0, 0.1) is 17.7 Å². The van der Waals surface area contributed by atoms with E-state index in [1.54, 1.807) is 30.4 Å². The van der Waals surface area contributed by atoms with Crippen molar-refractivity contribution >= 4 is 29.5 Å². The van der Waals surface area contributed by atoms with Crippen LogP contribution in [0.2, 0.25) is 0 Å². The van der Waals surface area contributed by atoms with Crippen LogP contribution in [0.5, 0.6) is 5.75 Å². The number of fused-ring (bicyclic) bond motifs is 1. The number of thioether (sulfide) groups is 2. The predicted octanol–water partition coefficient (Wildman–Crippen LogP) is 5.06. The monoisotopic (exact) mass is 416 g/mol. The summed E-state index contributed by atoms with van der Waals surface area (Å²) in [5.74, 6) is 5.70. The maximum Gasteiger partial charge on any atom is 0.338 e.